The molecule has 4 rings (SSSR count). The van der Waals surface area contributed by atoms with Gasteiger partial charge in [-0.3, -0.25) is 4.90 Å². The lowest BCUT2D eigenvalue weighted by Crippen LogP contribution is -2.57. The van der Waals surface area contributed by atoms with Crippen molar-refractivity contribution < 1.29 is 0 Å². The lowest BCUT2D eigenvalue weighted by Gasteiger charge is -2.42. The molecule has 1 N–H and O–H groups in total. The highest BCUT2D eigenvalue weighted by Crippen LogP contribution is 2.49. The van der Waals surface area contributed by atoms with Crippen LogP contribution in [-0.2, 0) is 0 Å². The third-order valence-corrected chi connectivity index (χ3v) is 6.17. The maximum atomic E-state index is 3.70. The molecular formula is C16H28N2. The first-order chi connectivity index (χ1) is 8.79. The van der Waals surface area contributed by atoms with Crippen molar-refractivity contribution in [2.24, 2.45) is 23.7 Å². The third-order valence-electron chi connectivity index (χ3n) is 6.17. The van der Waals surface area contributed by atoms with E-state index in [1.54, 1.807) is 25.7 Å². The summed E-state index contributed by atoms with van der Waals surface area (Å²) in [6.07, 6.45) is 9.21. The number of hydrogen-bond donors (Lipinski definition) is 1. The number of piperazine rings is 1. The zero-order valence-corrected chi connectivity index (χ0v) is 11.8. The normalized spacial score (nSPS) is 48.8. The maximum Gasteiger partial charge on any atom is 0.0249 e. The van der Waals surface area contributed by atoms with Gasteiger partial charge in [0.25, 0.3) is 0 Å². The molecule has 0 aromatic heterocycles. The zero-order chi connectivity index (χ0) is 12.1. The minimum Gasteiger partial charge on any atom is -0.311 e. The number of nitrogens with zero attached hydrogens (tertiary/aromatic N) is 1. The average Bonchev–Trinajstić information content (AvgIpc) is 2.98. The molecule has 1 aliphatic heterocycles. The summed E-state index contributed by atoms with van der Waals surface area (Å²) in [7, 11) is 0. The van der Waals surface area contributed by atoms with Gasteiger partial charge >= 0.3 is 0 Å². The van der Waals surface area contributed by atoms with Crippen LogP contribution in [0, 0.1) is 23.7 Å². The summed E-state index contributed by atoms with van der Waals surface area (Å²) in [4.78, 5) is 2.88. The average molecular weight is 248 g/mol. The number of fused-ring (bicyclic) bond motifs is 2. The van der Waals surface area contributed by atoms with Gasteiger partial charge in [-0.15, -0.1) is 0 Å². The first kappa shape index (κ1) is 11.7. The molecular weight excluding hydrogens is 220 g/mol. The van der Waals surface area contributed by atoms with Crippen LogP contribution in [0.1, 0.15) is 45.4 Å². The summed E-state index contributed by atoms with van der Waals surface area (Å²) in [5, 5.41) is 3.70. The molecule has 4 aliphatic rings. The van der Waals surface area contributed by atoms with Gasteiger partial charge in [0.2, 0.25) is 0 Å². The fourth-order valence-electron chi connectivity index (χ4n) is 5.06. The van der Waals surface area contributed by atoms with E-state index in [-0.39, 0.29) is 0 Å². The zero-order valence-electron chi connectivity index (χ0n) is 11.8. The van der Waals surface area contributed by atoms with Crippen molar-refractivity contribution in [3.05, 3.63) is 0 Å². The molecule has 0 radical (unpaired) electrons. The topological polar surface area (TPSA) is 15.3 Å². The number of rotatable bonds is 3. The van der Waals surface area contributed by atoms with Crippen molar-refractivity contribution in [2.45, 2.75) is 57.5 Å². The van der Waals surface area contributed by atoms with Crippen LogP contribution in [0.3, 0.4) is 0 Å². The lowest BCUT2D eigenvalue weighted by molar-refractivity contribution is 0.0867. The van der Waals surface area contributed by atoms with E-state index >= 15 is 0 Å². The first-order valence-corrected chi connectivity index (χ1v) is 8.27. The van der Waals surface area contributed by atoms with Crippen molar-refractivity contribution in [2.75, 3.05) is 19.6 Å². The summed E-state index contributed by atoms with van der Waals surface area (Å²) in [6, 6.07) is 1.58. The van der Waals surface area contributed by atoms with Gasteiger partial charge in [0.1, 0.15) is 0 Å². The Kier molecular flexibility index (Phi) is 2.92. The monoisotopic (exact) mass is 248 g/mol. The molecule has 1 saturated heterocycles. The smallest absolute Gasteiger partial charge is 0.0249 e. The van der Waals surface area contributed by atoms with Crippen LogP contribution >= 0.6 is 0 Å². The molecule has 102 valence electrons. The van der Waals surface area contributed by atoms with E-state index < -0.39 is 0 Å². The van der Waals surface area contributed by atoms with Crippen molar-refractivity contribution in [1.29, 1.82) is 0 Å². The summed E-state index contributed by atoms with van der Waals surface area (Å²) >= 11 is 0. The minimum atomic E-state index is 0.707. The summed E-state index contributed by atoms with van der Waals surface area (Å²) in [5.41, 5.74) is 0. The van der Waals surface area contributed by atoms with Crippen LogP contribution in [0.25, 0.3) is 0 Å². The van der Waals surface area contributed by atoms with Gasteiger partial charge in [0, 0.05) is 31.7 Å². The fourth-order valence-corrected chi connectivity index (χ4v) is 5.06. The molecule has 5 atom stereocenters. The maximum absolute atomic E-state index is 3.70. The van der Waals surface area contributed by atoms with Crippen LogP contribution in [-0.4, -0.2) is 36.6 Å². The van der Waals surface area contributed by atoms with Gasteiger partial charge in [-0.1, -0.05) is 6.42 Å². The Morgan fingerprint density at radius 1 is 1.06 bits per heavy atom. The molecule has 3 aliphatic carbocycles. The van der Waals surface area contributed by atoms with Crippen molar-refractivity contribution in [3.63, 3.8) is 0 Å². The van der Waals surface area contributed by atoms with Crippen molar-refractivity contribution >= 4 is 0 Å². The van der Waals surface area contributed by atoms with Gasteiger partial charge in [0.05, 0.1) is 0 Å². The van der Waals surface area contributed by atoms with E-state index in [9.17, 15) is 0 Å². The van der Waals surface area contributed by atoms with Crippen LogP contribution in [0.5, 0.6) is 0 Å². The highest BCUT2D eigenvalue weighted by Gasteiger charge is 2.43. The molecule has 1 heterocycles. The summed E-state index contributed by atoms with van der Waals surface area (Å²) in [5.74, 6) is 4.29. The molecule has 2 nitrogen and oxygen atoms in total. The SMILES string of the molecule is CC1CN(CC2CC3CCC2C3)C(C2CC2)CN1. The van der Waals surface area contributed by atoms with Gasteiger partial charge in [-0.2, -0.15) is 0 Å². The van der Waals surface area contributed by atoms with E-state index in [1.165, 1.54) is 32.5 Å². The van der Waals surface area contributed by atoms with E-state index in [2.05, 4.69) is 17.1 Å². The first-order valence-electron chi connectivity index (χ1n) is 8.27. The highest BCUT2D eigenvalue weighted by atomic mass is 15.2. The molecule has 5 unspecified atom stereocenters. The Morgan fingerprint density at radius 3 is 2.56 bits per heavy atom. The Balaban J connectivity index is 1.41. The third kappa shape index (κ3) is 2.12. The Bertz CT molecular complexity index is 312. The minimum absolute atomic E-state index is 0.707. The molecule has 0 aromatic carbocycles. The summed E-state index contributed by atoms with van der Waals surface area (Å²) in [6.45, 7) is 6.34. The van der Waals surface area contributed by atoms with E-state index in [0.717, 1.165) is 29.7 Å². The Hall–Kier alpha value is -0.0800. The van der Waals surface area contributed by atoms with Crippen LogP contribution in [0.2, 0.25) is 0 Å². The fraction of sp³-hybridized carbons (Fsp3) is 1.00. The largest absolute Gasteiger partial charge is 0.311 e. The Labute approximate surface area is 111 Å². The van der Waals surface area contributed by atoms with Crippen molar-refractivity contribution in [1.82, 2.24) is 10.2 Å². The Morgan fingerprint density at radius 2 is 1.89 bits per heavy atom. The van der Waals surface area contributed by atoms with E-state index in [1.807, 2.05) is 0 Å². The molecule has 0 spiro atoms. The lowest BCUT2D eigenvalue weighted by atomic mass is 9.87. The quantitative estimate of drug-likeness (QED) is 0.825. The molecule has 0 aromatic rings. The van der Waals surface area contributed by atoms with E-state index in [0.29, 0.717) is 6.04 Å². The predicted molar refractivity (Wildman–Crippen MR) is 74.5 cm³/mol. The molecule has 0 amide bonds. The number of hydrogen-bond acceptors (Lipinski definition) is 2. The molecule has 2 bridgehead atoms. The van der Waals surface area contributed by atoms with Gasteiger partial charge in [0.15, 0.2) is 0 Å². The van der Waals surface area contributed by atoms with Crippen molar-refractivity contribution in [3.8, 4) is 0 Å². The second kappa shape index (κ2) is 4.49. The van der Waals surface area contributed by atoms with Gasteiger partial charge in [-0.05, 0) is 62.7 Å². The van der Waals surface area contributed by atoms with Crippen LogP contribution in [0.15, 0.2) is 0 Å². The standard InChI is InChI=1S/C16H28N2/c1-11-9-18(16(8-17-11)13-4-5-13)10-15-7-12-2-3-14(15)6-12/h11-17H,2-10H2,1H3. The predicted octanol–water partition coefficient (Wildman–Crippen LogP) is 2.49. The number of nitrogens with one attached hydrogen (secondary N) is 1. The molecule has 4 fully saturated rings. The second-order valence-corrected chi connectivity index (χ2v) is 7.60. The summed E-state index contributed by atoms with van der Waals surface area (Å²) < 4.78 is 0. The molecule has 3 saturated carbocycles. The van der Waals surface area contributed by atoms with Gasteiger partial charge < -0.3 is 5.32 Å². The van der Waals surface area contributed by atoms with E-state index in [4.69, 9.17) is 0 Å². The highest BCUT2D eigenvalue weighted by molar-refractivity contribution is 4.97. The van der Waals surface area contributed by atoms with Crippen LogP contribution in [0.4, 0.5) is 0 Å². The molecule has 2 heteroatoms. The van der Waals surface area contributed by atoms with Crippen LogP contribution < -0.4 is 5.32 Å². The molecule has 18 heavy (non-hydrogen) atoms. The second-order valence-electron chi connectivity index (χ2n) is 7.60. The van der Waals surface area contributed by atoms with Gasteiger partial charge in [-0.25, -0.2) is 0 Å².